The topological polar surface area (TPSA) is 58.9 Å². The van der Waals surface area contributed by atoms with Crippen LogP contribution in [0.4, 0.5) is 8.78 Å². The van der Waals surface area contributed by atoms with E-state index in [1.165, 1.54) is 5.57 Å². The molecule has 0 saturated heterocycles. The lowest BCUT2D eigenvalue weighted by molar-refractivity contribution is 0.0453. The van der Waals surface area contributed by atoms with E-state index in [0.29, 0.717) is 5.75 Å². The van der Waals surface area contributed by atoms with Crippen LogP contribution in [0.15, 0.2) is 47.7 Å². The maximum absolute atomic E-state index is 12.4. The quantitative estimate of drug-likeness (QED) is 0.630. The molecule has 1 aliphatic carbocycles. The van der Waals surface area contributed by atoms with Gasteiger partial charge in [0.25, 0.3) is 0 Å². The third kappa shape index (κ3) is 5.79. The molecule has 0 bridgehead atoms. The summed E-state index contributed by atoms with van der Waals surface area (Å²) in [5.74, 6) is 1.47. The van der Waals surface area contributed by atoms with Crippen LogP contribution in [0.3, 0.4) is 0 Å². The SMILES string of the molecule is CC1CC(C(C)(C)c2ccc(OCC(O)CF)cc2)=CC=C1OCC(O)CF. The summed E-state index contributed by atoms with van der Waals surface area (Å²) in [5, 5.41) is 18.6. The van der Waals surface area contributed by atoms with Gasteiger partial charge in [-0.15, -0.1) is 0 Å². The summed E-state index contributed by atoms with van der Waals surface area (Å²) in [5.41, 5.74) is 2.13. The average Bonchev–Trinajstić information content (AvgIpc) is 2.70. The van der Waals surface area contributed by atoms with Gasteiger partial charge in [0.2, 0.25) is 0 Å². The van der Waals surface area contributed by atoms with E-state index in [0.717, 1.165) is 17.7 Å². The Morgan fingerprint density at radius 2 is 1.57 bits per heavy atom. The van der Waals surface area contributed by atoms with Gasteiger partial charge in [-0.05, 0) is 30.2 Å². The summed E-state index contributed by atoms with van der Waals surface area (Å²) in [4.78, 5) is 0. The summed E-state index contributed by atoms with van der Waals surface area (Å²) >= 11 is 0. The van der Waals surface area contributed by atoms with E-state index in [1.54, 1.807) is 0 Å². The van der Waals surface area contributed by atoms with Gasteiger partial charge >= 0.3 is 0 Å². The van der Waals surface area contributed by atoms with Crippen LogP contribution in [-0.2, 0) is 10.2 Å². The molecule has 0 aromatic heterocycles. The Morgan fingerprint density at radius 3 is 2.11 bits per heavy atom. The van der Waals surface area contributed by atoms with E-state index in [1.807, 2.05) is 43.3 Å². The Bertz CT molecular complexity index is 682. The van der Waals surface area contributed by atoms with E-state index in [2.05, 4.69) is 13.8 Å². The second kappa shape index (κ2) is 10.0. The summed E-state index contributed by atoms with van der Waals surface area (Å²) < 4.78 is 35.6. The van der Waals surface area contributed by atoms with Crippen LogP contribution < -0.4 is 4.74 Å². The van der Waals surface area contributed by atoms with Crippen LogP contribution in [0.1, 0.15) is 32.8 Å². The molecule has 2 N–H and O–H groups in total. The van der Waals surface area contributed by atoms with Crippen molar-refractivity contribution in [3.8, 4) is 5.75 Å². The molecule has 3 unspecified atom stereocenters. The van der Waals surface area contributed by atoms with Crippen LogP contribution in [0, 0.1) is 5.92 Å². The summed E-state index contributed by atoms with van der Waals surface area (Å²) in [6.45, 7) is 4.56. The van der Waals surface area contributed by atoms with Gasteiger partial charge in [-0.2, -0.15) is 0 Å². The lowest BCUT2D eigenvalue weighted by atomic mass is 9.73. The number of allylic oxidation sites excluding steroid dienone is 4. The molecule has 1 aromatic rings. The van der Waals surface area contributed by atoms with Crippen molar-refractivity contribution in [3.05, 3.63) is 53.3 Å². The van der Waals surface area contributed by atoms with Gasteiger partial charge in [-0.25, -0.2) is 8.78 Å². The van der Waals surface area contributed by atoms with Crippen molar-refractivity contribution in [1.82, 2.24) is 0 Å². The third-order valence-electron chi connectivity index (χ3n) is 5.08. The fraction of sp³-hybridized carbons (Fsp3) is 0.545. The number of alkyl halides is 2. The molecule has 28 heavy (non-hydrogen) atoms. The average molecular weight is 396 g/mol. The molecule has 0 saturated carbocycles. The minimum absolute atomic E-state index is 0.0438. The van der Waals surface area contributed by atoms with E-state index in [4.69, 9.17) is 9.47 Å². The predicted octanol–water partition coefficient (Wildman–Crippen LogP) is 3.87. The second-order valence-corrected chi connectivity index (χ2v) is 7.75. The third-order valence-corrected chi connectivity index (χ3v) is 5.08. The zero-order chi connectivity index (χ0) is 20.7. The van der Waals surface area contributed by atoms with Crippen LogP contribution in [0.25, 0.3) is 0 Å². The second-order valence-electron chi connectivity index (χ2n) is 7.75. The fourth-order valence-corrected chi connectivity index (χ4v) is 3.13. The highest BCUT2D eigenvalue weighted by Gasteiger charge is 2.29. The van der Waals surface area contributed by atoms with Gasteiger partial charge in [0.05, 0.1) is 5.76 Å². The van der Waals surface area contributed by atoms with Crippen LogP contribution in [0.2, 0.25) is 0 Å². The molecule has 0 amide bonds. The molecule has 1 aromatic carbocycles. The van der Waals surface area contributed by atoms with E-state index < -0.39 is 25.6 Å². The van der Waals surface area contributed by atoms with E-state index >= 15 is 0 Å². The number of hydrogen-bond acceptors (Lipinski definition) is 4. The first kappa shape index (κ1) is 22.4. The first-order valence-electron chi connectivity index (χ1n) is 9.53. The fourth-order valence-electron chi connectivity index (χ4n) is 3.13. The summed E-state index contributed by atoms with van der Waals surface area (Å²) in [7, 11) is 0. The monoisotopic (exact) mass is 396 g/mol. The molecule has 0 aliphatic heterocycles. The first-order chi connectivity index (χ1) is 13.3. The van der Waals surface area contributed by atoms with E-state index in [9.17, 15) is 19.0 Å². The molecule has 0 heterocycles. The van der Waals surface area contributed by atoms with Crippen LogP contribution in [0.5, 0.6) is 5.75 Å². The van der Waals surface area contributed by atoms with E-state index in [-0.39, 0.29) is 24.5 Å². The molecule has 156 valence electrons. The van der Waals surface area contributed by atoms with Crippen molar-refractivity contribution in [2.75, 3.05) is 26.6 Å². The van der Waals surface area contributed by atoms with Crippen molar-refractivity contribution >= 4 is 0 Å². The zero-order valence-electron chi connectivity index (χ0n) is 16.7. The van der Waals surface area contributed by atoms with Gasteiger partial charge in [0, 0.05) is 11.3 Å². The van der Waals surface area contributed by atoms with Gasteiger partial charge in [0.1, 0.15) is 44.5 Å². The van der Waals surface area contributed by atoms with Gasteiger partial charge in [-0.3, -0.25) is 0 Å². The molecule has 4 nitrogen and oxygen atoms in total. The van der Waals surface area contributed by atoms with Crippen molar-refractivity contribution in [1.29, 1.82) is 0 Å². The molecule has 0 spiro atoms. The Labute approximate surface area is 165 Å². The van der Waals surface area contributed by atoms with Gasteiger partial charge in [-0.1, -0.05) is 44.6 Å². The molecule has 3 atom stereocenters. The molecule has 1 aliphatic rings. The Hall–Kier alpha value is -1.92. The standard InChI is InChI=1S/C22H30F2O4/c1-15-10-17(6-9-21(15)28-14-19(26)12-24)22(2,3)16-4-7-20(8-5-16)27-13-18(25)11-23/h4-9,15,18-19,25-26H,10-14H2,1-3H3. The van der Waals surface area contributed by atoms with Crippen molar-refractivity contribution in [2.24, 2.45) is 5.92 Å². The molecular weight excluding hydrogens is 366 g/mol. The maximum Gasteiger partial charge on any atom is 0.119 e. The Balaban J connectivity index is 2.07. The van der Waals surface area contributed by atoms with Gasteiger partial charge < -0.3 is 19.7 Å². The first-order valence-corrected chi connectivity index (χ1v) is 9.53. The molecule has 2 rings (SSSR count). The van der Waals surface area contributed by atoms with Crippen molar-refractivity contribution in [3.63, 3.8) is 0 Å². The maximum atomic E-state index is 12.4. The van der Waals surface area contributed by atoms with Crippen LogP contribution >= 0.6 is 0 Å². The summed E-state index contributed by atoms with van der Waals surface area (Å²) in [6.07, 6.45) is 2.51. The number of aliphatic hydroxyl groups is 2. The number of ether oxygens (including phenoxy) is 2. The number of benzene rings is 1. The number of hydrogen-bond donors (Lipinski definition) is 2. The normalized spacial score (nSPS) is 19.5. The minimum Gasteiger partial charge on any atom is -0.495 e. The zero-order valence-corrected chi connectivity index (χ0v) is 16.7. The largest absolute Gasteiger partial charge is 0.495 e. The number of halogens is 2. The predicted molar refractivity (Wildman–Crippen MR) is 105 cm³/mol. The van der Waals surface area contributed by atoms with Gasteiger partial charge in [0.15, 0.2) is 0 Å². The molecular formula is C22H30F2O4. The smallest absolute Gasteiger partial charge is 0.119 e. The van der Waals surface area contributed by atoms with Crippen molar-refractivity contribution in [2.45, 2.75) is 44.8 Å². The summed E-state index contributed by atoms with van der Waals surface area (Å²) in [6, 6.07) is 7.57. The highest BCUT2D eigenvalue weighted by atomic mass is 19.1. The molecule has 0 radical (unpaired) electrons. The van der Waals surface area contributed by atoms with Crippen LogP contribution in [-0.4, -0.2) is 49.0 Å². The Morgan fingerprint density at radius 1 is 1.00 bits per heavy atom. The molecule has 0 fully saturated rings. The highest BCUT2D eigenvalue weighted by molar-refractivity contribution is 5.41. The number of aliphatic hydroxyl groups excluding tert-OH is 2. The Kier molecular flexibility index (Phi) is 8.01. The highest BCUT2D eigenvalue weighted by Crippen LogP contribution is 2.39. The molecule has 6 heteroatoms. The number of rotatable bonds is 10. The lowest BCUT2D eigenvalue weighted by Gasteiger charge is -2.33. The minimum atomic E-state index is -1.11. The van der Waals surface area contributed by atoms with Crippen molar-refractivity contribution < 1.29 is 28.5 Å². The lowest BCUT2D eigenvalue weighted by Crippen LogP contribution is -2.25.